The molecule has 15 nitrogen and oxygen atoms in total. The highest BCUT2D eigenvalue weighted by molar-refractivity contribution is 5.80. The van der Waals surface area contributed by atoms with Crippen molar-refractivity contribution in [2.75, 3.05) is 5.32 Å². The lowest BCUT2D eigenvalue weighted by molar-refractivity contribution is 0.0461. The first-order valence-corrected chi connectivity index (χ1v) is 13.3. The number of guanidine groups is 4. The smallest absolute Gasteiger partial charge is 0.191 e. The minimum atomic E-state index is -0.427. The van der Waals surface area contributed by atoms with Crippen molar-refractivity contribution in [3.05, 3.63) is 72.8 Å². The maximum absolute atomic E-state index is 6.50. The zero-order chi connectivity index (χ0) is 30.9. The first-order chi connectivity index (χ1) is 20.5. The van der Waals surface area contributed by atoms with E-state index in [4.69, 9.17) is 55.3 Å². The average molecular weight is 588 g/mol. The molecule has 4 rings (SSSR count). The zero-order valence-corrected chi connectivity index (χ0v) is 23.4. The maximum atomic E-state index is 6.50. The third-order valence-corrected chi connectivity index (χ3v) is 6.40. The van der Waals surface area contributed by atoms with Gasteiger partial charge in [0.05, 0.1) is 29.1 Å². The van der Waals surface area contributed by atoms with Crippen LogP contribution < -0.4 is 60.7 Å². The number of nitrogens with two attached hydrogens (primary N) is 8. The second-order valence-corrected chi connectivity index (χ2v) is 9.80. The second kappa shape index (κ2) is 13.7. The van der Waals surface area contributed by atoms with Crippen LogP contribution in [0, 0.1) is 0 Å². The van der Waals surface area contributed by atoms with Crippen LogP contribution >= 0.6 is 0 Å². The molecule has 17 N–H and O–H groups in total. The summed E-state index contributed by atoms with van der Waals surface area (Å²) in [6.45, 7) is 0. The van der Waals surface area contributed by atoms with Gasteiger partial charge in [-0.25, -0.2) is 20.0 Å². The Labute approximate surface area is 248 Å². The first-order valence-electron chi connectivity index (χ1n) is 13.3. The minimum absolute atomic E-state index is 0.0238. The van der Waals surface area contributed by atoms with Crippen molar-refractivity contribution in [1.82, 2.24) is 0 Å². The normalized spacial score (nSPS) is 19.3. The molecule has 0 amide bonds. The third kappa shape index (κ3) is 9.07. The minimum Gasteiger partial charge on any atom is -0.488 e. The molecule has 0 spiro atoms. The molecule has 1 fully saturated rings. The third-order valence-electron chi connectivity index (χ3n) is 6.40. The van der Waals surface area contributed by atoms with Crippen molar-refractivity contribution in [3.63, 3.8) is 0 Å². The fourth-order valence-corrected chi connectivity index (χ4v) is 4.69. The summed E-state index contributed by atoms with van der Waals surface area (Å²) in [6.07, 6.45) is 0.143. The molecular formula is C28H37N13O2. The highest BCUT2D eigenvalue weighted by Crippen LogP contribution is 2.33. The largest absolute Gasteiger partial charge is 0.488 e. The summed E-state index contributed by atoms with van der Waals surface area (Å²) in [4.78, 5) is 16.7. The van der Waals surface area contributed by atoms with E-state index in [9.17, 15) is 0 Å². The Hall–Kier alpha value is -5.86. The Balaban J connectivity index is 1.61. The van der Waals surface area contributed by atoms with Gasteiger partial charge in [-0.05, 0) is 79.2 Å². The van der Waals surface area contributed by atoms with Crippen LogP contribution in [0.3, 0.4) is 0 Å². The van der Waals surface area contributed by atoms with Crippen LogP contribution in [0.2, 0.25) is 0 Å². The molecule has 15 heteroatoms. The number of hydrogen-bond donors (Lipinski definition) is 9. The average Bonchev–Trinajstić information content (AvgIpc) is 2.93. The quantitative estimate of drug-likeness (QED) is 0.116. The first kappa shape index (κ1) is 30.1. The molecule has 1 aliphatic carbocycles. The topological polar surface area (TPSA) is 288 Å². The van der Waals surface area contributed by atoms with E-state index in [0.717, 1.165) is 5.69 Å². The van der Waals surface area contributed by atoms with Crippen molar-refractivity contribution >= 4 is 46.6 Å². The van der Waals surface area contributed by atoms with E-state index in [-0.39, 0.29) is 42.0 Å². The van der Waals surface area contributed by atoms with Gasteiger partial charge in [0.1, 0.15) is 23.7 Å². The molecule has 1 saturated carbocycles. The van der Waals surface area contributed by atoms with Gasteiger partial charge in [-0.3, -0.25) is 0 Å². The highest BCUT2D eigenvalue weighted by atomic mass is 16.5. The number of nitrogens with zero attached hydrogens (tertiary/aromatic N) is 4. The predicted molar refractivity (Wildman–Crippen MR) is 171 cm³/mol. The second-order valence-electron chi connectivity index (χ2n) is 9.80. The number of ether oxygens (including phenoxy) is 2. The van der Waals surface area contributed by atoms with Crippen molar-refractivity contribution in [1.29, 1.82) is 0 Å². The van der Waals surface area contributed by atoms with Gasteiger partial charge in [0.2, 0.25) is 0 Å². The molecule has 0 aromatic heterocycles. The van der Waals surface area contributed by atoms with Gasteiger partial charge in [0.25, 0.3) is 0 Å². The number of aliphatic imine (C=N–C) groups is 4. The monoisotopic (exact) mass is 587 g/mol. The van der Waals surface area contributed by atoms with E-state index in [1.165, 1.54) is 0 Å². The number of nitrogens with one attached hydrogen (secondary N) is 1. The summed E-state index contributed by atoms with van der Waals surface area (Å²) < 4.78 is 12.9. The lowest BCUT2D eigenvalue weighted by Gasteiger charge is -2.40. The molecule has 0 radical (unpaired) electrons. The van der Waals surface area contributed by atoms with Crippen LogP contribution in [-0.2, 0) is 0 Å². The standard InChI is InChI=1S/C28H37N13O2/c29-25(30)38-16-3-1-15(2-4-16)37-21-13-22(41-28(35)36)24(43-20-11-7-18(8-12-20)40-27(33)34)14-23(21)42-19-9-5-17(6-10-19)39-26(31)32/h1-12,21-24,37H,13-14H2,(H4,29,30,38)(H4,31,32,39)(H4,33,34,40)(H4,35,36,41)/t21-,22+,23-,24+/m1/s1. The Morgan fingerprint density at radius 3 is 1.37 bits per heavy atom. The highest BCUT2D eigenvalue weighted by Gasteiger charge is 2.40. The summed E-state index contributed by atoms with van der Waals surface area (Å²) in [5.74, 6) is 1.08. The maximum Gasteiger partial charge on any atom is 0.191 e. The molecule has 43 heavy (non-hydrogen) atoms. The Bertz CT molecular complexity index is 1470. The molecule has 0 unspecified atom stereocenters. The lowest BCUT2D eigenvalue weighted by atomic mass is 9.85. The van der Waals surface area contributed by atoms with Crippen molar-refractivity contribution in [2.24, 2.45) is 65.8 Å². The number of benzene rings is 3. The van der Waals surface area contributed by atoms with Crippen molar-refractivity contribution < 1.29 is 9.47 Å². The molecule has 1 aliphatic rings. The van der Waals surface area contributed by atoms with E-state index in [1.807, 2.05) is 12.1 Å². The molecule has 3 aromatic rings. The Morgan fingerprint density at radius 2 is 0.953 bits per heavy atom. The summed E-state index contributed by atoms with van der Waals surface area (Å²) in [5.41, 5.74) is 47.3. The van der Waals surface area contributed by atoms with Gasteiger partial charge >= 0.3 is 0 Å². The van der Waals surface area contributed by atoms with E-state index >= 15 is 0 Å². The SMILES string of the molecule is NC(N)=Nc1ccc(N[C@@H]2C[C@H](N=C(N)N)[C@@H](Oc3ccc(N=C(N)N)cc3)C[C@H]2Oc2ccc(N=C(N)N)cc2)cc1. The van der Waals surface area contributed by atoms with E-state index in [0.29, 0.717) is 41.4 Å². The van der Waals surface area contributed by atoms with Crippen LogP contribution in [0.15, 0.2) is 92.8 Å². The molecule has 0 bridgehead atoms. The van der Waals surface area contributed by atoms with Gasteiger partial charge < -0.3 is 60.7 Å². The van der Waals surface area contributed by atoms with Crippen molar-refractivity contribution in [3.8, 4) is 11.5 Å². The van der Waals surface area contributed by atoms with Gasteiger partial charge in [0.15, 0.2) is 23.8 Å². The number of hydrogen-bond acceptors (Lipinski definition) is 7. The van der Waals surface area contributed by atoms with Crippen LogP contribution in [0.25, 0.3) is 0 Å². The van der Waals surface area contributed by atoms with Crippen LogP contribution in [0.4, 0.5) is 22.7 Å². The van der Waals surface area contributed by atoms with Crippen LogP contribution in [0.1, 0.15) is 12.8 Å². The molecule has 226 valence electrons. The van der Waals surface area contributed by atoms with Gasteiger partial charge in [-0.2, -0.15) is 0 Å². The fourth-order valence-electron chi connectivity index (χ4n) is 4.69. The molecule has 4 atom stereocenters. The lowest BCUT2D eigenvalue weighted by Crippen LogP contribution is -2.52. The van der Waals surface area contributed by atoms with Gasteiger partial charge in [0, 0.05) is 12.1 Å². The van der Waals surface area contributed by atoms with E-state index < -0.39 is 6.10 Å². The summed E-state index contributed by atoms with van der Waals surface area (Å²) in [6, 6.07) is 20.9. The summed E-state index contributed by atoms with van der Waals surface area (Å²) in [5, 5.41) is 3.55. The Kier molecular flexibility index (Phi) is 9.57. The zero-order valence-electron chi connectivity index (χ0n) is 23.4. The molecular weight excluding hydrogens is 550 g/mol. The Morgan fingerprint density at radius 1 is 0.535 bits per heavy atom. The summed E-state index contributed by atoms with van der Waals surface area (Å²) in [7, 11) is 0. The molecule has 0 aliphatic heterocycles. The summed E-state index contributed by atoms with van der Waals surface area (Å²) >= 11 is 0. The number of rotatable bonds is 10. The van der Waals surface area contributed by atoms with Gasteiger partial charge in [-0.1, -0.05) is 0 Å². The molecule has 3 aromatic carbocycles. The molecule has 0 saturated heterocycles. The molecule has 0 heterocycles. The predicted octanol–water partition coefficient (Wildman–Crippen LogP) is 0.513. The number of anilines is 1. The van der Waals surface area contributed by atoms with Crippen LogP contribution in [-0.4, -0.2) is 48.1 Å². The van der Waals surface area contributed by atoms with Crippen molar-refractivity contribution in [2.45, 2.75) is 37.1 Å². The van der Waals surface area contributed by atoms with Crippen LogP contribution in [0.5, 0.6) is 11.5 Å². The van der Waals surface area contributed by atoms with Gasteiger partial charge in [-0.15, -0.1) is 0 Å². The fraction of sp³-hybridized carbons (Fsp3) is 0.214. The van der Waals surface area contributed by atoms with E-state index in [2.05, 4.69) is 25.3 Å². The van der Waals surface area contributed by atoms with E-state index in [1.54, 1.807) is 60.7 Å².